The second kappa shape index (κ2) is 6.52. The van der Waals surface area contributed by atoms with Crippen molar-refractivity contribution in [1.82, 2.24) is 5.32 Å². The second-order valence-electron chi connectivity index (χ2n) is 5.09. The summed E-state index contributed by atoms with van der Waals surface area (Å²) in [6, 6.07) is 1.83. The fraction of sp³-hybridized carbons (Fsp3) is 0.429. The highest BCUT2D eigenvalue weighted by atomic mass is 32.1. The summed E-state index contributed by atoms with van der Waals surface area (Å²) in [7, 11) is 0. The molecule has 0 radical (unpaired) electrons. The van der Waals surface area contributed by atoms with E-state index in [1.165, 1.54) is 11.3 Å². The highest BCUT2D eigenvalue weighted by Crippen LogP contribution is 2.16. The van der Waals surface area contributed by atoms with E-state index in [0.29, 0.717) is 6.54 Å². The van der Waals surface area contributed by atoms with Crippen LogP contribution in [0.25, 0.3) is 6.08 Å². The van der Waals surface area contributed by atoms with Crippen LogP contribution in [0.3, 0.4) is 0 Å². The number of hydrogen-bond acceptors (Lipinski definition) is 4. The van der Waals surface area contributed by atoms with Crippen molar-refractivity contribution in [2.24, 2.45) is 0 Å². The maximum absolute atomic E-state index is 11.4. The van der Waals surface area contributed by atoms with Crippen molar-refractivity contribution in [2.45, 2.75) is 33.3 Å². The lowest BCUT2D eigenvalue weighted by molar-refractivity contribution is 0.0534. The SMILES string of the molecule is CC(=O)c1cc(C=CCNC(=O)OC(C)(C)C)cs1. The predicted octanol–water partition coefficient (Wildman–Crippen LogP) is 3.49. The Hall–Kier alpha value is -1.62. The van der Waals surface area contributed by atoms with E-state index in [0.717, 1.165) is 10.4 Å². The maximum atomic E-state index is 11.4. The molecule has 1 amide bonds. The van der Waals surface area contributed by atoms with Gasteiger partial charge in [-0.2, -0.15) is 0 Å². The van der Waals surface area contributed by atoms with Crippen LogP contribution in [0.1, 0.15) is 42.9 Å². The first-order valence-electron chi connectivity index (χ1n) is 6.01. The number of Topliss-reactive ketones (excluding diaryl/α,β-unsaturated/α-hetero) is 1. The molecule has 1 heterocycles. The van der Waals surface area contributed by atoms with Gasteiger partial charge in [-0.3, -0.25) is 4.79 Å². The second-order valence-corrected chi connectivity index (χ2v) is 6.00. The first-order chi connectivity index (χ1) is 8.78. The Morgan fingerprint density at radius 3 is 2.63 bits per heavy atom. The Morgan fingerprint density at radius 2 is 2.11 bits per heavy atom. The topological polar surface area (TPSA) is 55.4 Å². The Bertz CT molecular complexity index is 483. The summed E-state index contributed by atoms with van der Waals surface area (Å²) < 4.78 is 5.10. The number of ketones is 1. The molecule has 1 N–H and O–H groups in total. The number of hydrogen-bond donors (Lipinski definition) is 1. The van der Waals surface area contributed by atoms with Crippen molar-refractivity contribution in [2.75, 3.05) is 6.54 Å². The van der Waals surface area contributed by atoms with Gasteiger partial charge in [0.25, 0.3) is 0 Å². The van der Waals surface area contributed by atoms with Crippen LogP contribution in [-0.2, 0) is 4.74 Å². The number of ether oxygens (including phenoxy) is 1. The van der Waals surface area contributed by atoms with E-state index in [2.05, 4.69) is 5.32 Å². The molecule has 0 unspecified atom stereocenters. The monoisotopic (exact) mass is 281 g/mol. The minimum Gasteiger partial charge on any atom is -0.444 e. The van der Waals surface area contributed by atoms with E-state index >= 15 is 0 Å². The third-order valence-corrected chi connectivity index (χ3v) is 3.09. The number of nitrogens with one attached hydrogen (secondary N) is 1. The smallest absolute Gasteiger partial charge is 0.407 e. The molecule has 0 bridgehead atoms. The van der Waals surface area contributed by atoms with Crippen LogP contribution in [0, 0.1) is 0 Å². The molecule has 1 rings (SSSR count). The molecular weight excluding hydrogens is 262 g/mol. The van der Waals surface area contributed by atoms with Crippen molar-refractivity contribution in [3.05, 3.63) is 28.0 Å². The number of alkyl carbamates (subject to hydrolysis) is 1. The fourth-order valence-corrected chi connectivity index (χ4v) is 2.05. The zero-order valence-electron chi connectivity index (χ0n) is 11.6. The van der Waals surface area contributed by atoms with Crippen molar-refractivity contribution < 1.29 is 14.3 Å². The van der Waals surface area contributed by atoms with Crippen LogP contribution in [0.5, 0.6) is 0 Å². The lowest BCUT2D eigenvalue weighted by Crippen LogP contribution is -2.32. The molecule has 0 spiro atoms. The predicted molar refractivity (Wildman–Crippen MR) is 77.6 cm³/mol. The average molecular weight is 281 g/mol. The highest BCUT2D eigenvalue weighted by Gasteiger charge is 2.14. The molecule has 19 heavy (non-hydrogen) atoms. The molecule has 0 saturated heterocycles. The molecule has 5 heteroatoms. The fourth-order valence-electron chi connectivity index (χ4n) is 1.27. The standard InChI is InChI=1S/C14H19NO3S/c1-10(16)12-8-11(9-19-12)6-5-7-15-13(17)18-14(2,3)4/h5-6,8-9H,7H2,1-4H3,(H,15,17). The van der Waals surface area contributed by atoms with E-state index in [1.807, 2.05) is 44.4 Å². The molecule has 0 atom stereocenters. The number of thiophene rings is 1. The zero-order chi connectivity index (χ0) is 14.5. The third kappa shape index (κ3) is 6.20. The minimum absolute atomic E-state index is 0.0662. The molecular formula is C14H19NO3S. The van der Waals surface area contributed by atoms with Gasteiger partial charge in [0.2, 0.25) is 0 Å². The van der Waals surface area contributed by atoms with E-state index < -0.39 is 11.7 Å². The largest absolute Gasteiger partial charge is 0.444 e. The molecule has 0 aromatic carbocycles. The van der Waals surface area contributed by atoms with Gasteiger partial charge in [0.1, 0.15) is 5.60 Å². The summed E-state index contributed by atoms with van der Waals surface area (Å²) in [6.07, 6.45) is 3.24. The number of carbonyl (C=O) groups excluding carboxylic acids is 2. The number of rotatable bonds is 4. The van der Waals surface area contributed by atoms with Crippen LogP contribution in [-0.4, -0.2) is 24.0 Å². The minimum atomic E-state index is -0.489. The molecule has 0 aliphatic heterocycles. The van der Waals surface area contributed by atoms with Crippen LogP contribution in [0.2, 0.25) is 0 Å². The van der Waals surface area contributed by atoms with Gasteiger partial charge in [-0.1, -0.05) is 12.2 Å². The normalized spacial score (nSPS) is 11.6. The average Bonchev–Trinajstić information content (AvgIpc) is 2.70. The summed E-state index contributed by atoms with van der Waals surface area (Å²) in [4.78, 5) is 23.2. The van der Waals surface area contributed by atoms with E-state index in [9.17, 15) is 9.59 Å². The van der Waals surface area contributed by atoms with Crippen molar-refractivity contribution in [1.29, 1.82) is 0 Å². The number of carbonyl (C=O) groups is 2. The van der Waals surface area contributed by atoms with E-state index in [1.54, 1.807) is 6.92 Å². The van der Waals surface area contributed by atoms with Gasteiger partial charge >= 0.3 is 6.09 Å². The summed E-state index contributed by atoms with van der Waals surface area (Å²) in [5, 5.41) is 4.53. The van der Waals surface area contributed by atoms with Crippen molar-refractivity contribution >= 4 is 29.3 Å². The van der Waals surface area contributed by atoms with E-state index in [-0.39, 0.29) is 5.78 Å². The lowest BCUT2D eigenvalue weighted by Gasteiger charge is -2.19. The number of amides is 1. The van der Waals surface area contributed by atoms with Gasteiger partial charge in [-0.15, -0.1) is 11.3 Å². The molecule has 0 aliphatic rings. The van der Waals surface area contributed by atoms with Gasteiger partial charge < -0.3 is 10.1 Å². The Morgan fingerprint density at radius 1 is 1.42 bits per heavy atom. The first kappa shape index (κ1) is 15.4. The molecule has 104 valence electrons. The van der Waals surface area contributed by atoms with Crippen molar-refractivity contribution in [3.63, 3.8) is 0 Å². The summed E-state index contributed by atoms with van der Waals surface area (Å²) >= 11 is 1.42. The maximum Gasteiger partial charge on any atom is 0.407 e. The van der Waals surface area contributed by atoms with Crippen LogP contribution >= 0.6 is 11.3 Å². The lowest BCUT2D eigenvalue weighted by atomic mass is 10.2. The molecule has 1 aromatic heterocycles. The molecule has 0 saturated carbocycles. The summed E-state index contributed by atoms with van der Waals surface area (Å²) in [5.41, 5.74) is 0.471. The van der Waals surface area contributed by atoms with Crippen LogP contribution < -0.4 is 5.32 Å². The third-order valence-electron chi connectivity index (χ3n) is 2.04. The highest BCUT2D eigenvalue weighted by molar-refractivity contribution is 7.12. The quantitative estimate of drug-likeness (QED) is 0.859. The summed E-state index contributed by atoms with van der Waals surface area (Å²) in [5.74, 6) is 0.0662. The molecule has 1 aromatic rings. The molecule has 0 aliphatic carbocycles. The van der Waals surface area contributed by atoms with E-state index in [4.69, 9.17) is 4.74 Å². The van der Waals surface area contributed by atoms with Crippen LogP contribution in [0.4, 0.5) is 4.79 Å². The van der Waals surface area contributed by atoms with Crippen LogP contribution in [0.15, 0.2) is 17.5 Å². The Balaban J connectivity index is 2.38. The Kier molecular flexibility index (Phi) is 5.30. The first-order valence-corrected chi connectivity index (χ1v) is 6.89. The van der Waals surface area contributed by atoms with Gasteiger partial charge in [-0.05, 0) is 44.7 Å². The Labute approximate surface area is 117 Å². The van der Waals surface area contributed by atoms with Gasteiger partial charge in [0.05, 0.1) is 4.88 Å². The van der Waals surface area contributed by atoms with Crippen molar-refractivity contribution in [3.8, 4) is 0 Å². The van der Waals surface area contributed by atoms with Gasteiger partial charge in [0.15, 0.2) is 5.78 Å². The van der Waals surface area contributed by atoms with Gasteiger partial charge in [-0.25, -0.2) is 4.79 Å². The molecule has 4 nitrogen and oxygen atoms in total. The zero-order valence-corrected chi connectivity index (χ0v) is 12.5. The summed E-state index contributed by atoms with van der Waals surface area (Å²) in [6.45, 7) is 7.38. The van der Waals surface area contributed by atoms with Gasteiger partial charge in [0, 0.05) is 6.54 Å². The molecule has 0 fully saturated rings.